The Kier molecular flexibility index (Phi) is 7.10. The zero-order valence-electron chi connectivity index (χ0n) is 22.3. The minimum Gasteiger partial charge on any atom is -0.489 e. The summed E-state index contributed by atoms with van der Waals surface area (Å²) in [6.45, 7) is 4.52. The van der Waals surface area contributed by atoms with E-state index in [1.165, 1.54) is 17.2 Å². The molecule has 41 heavy (non-hydrogen) atoms. The minimum absolute atomic E-state index is 0.0767. The molecule has 0 saturated carbocycles. The number of aromatic nitrogens is 5. The number of carbonyl (C=O) groups is 2. The fourth-order valence-corrected chi connectivity index (χ4v) is 5.09. The molecular formula is C28H26ClFN8O3. The van der Waals surface area contributed by atoms with Gasteiger partial charge in [0.2, 0.25) is 5.82 Å². The van der Waals surface area contributed by atoms with Gasteiger partial charge in [-0.05, 0) is 36.2 Å². The summed E-state index contributed by atoms with van der Waals surface area (Å²) in [7, 11) is 1.64. The molecule has 2 aliphatic heterocycles. The van der Waals surface area contributed by atoms with E-state index in [0.717, 1.165) is 24.5 Å². The van der Waals surface area contributed by atoms with Crippen molar-refractivity contribution in [2.45, 2.75) is 32.6 Å². The number of halogens is 2. The number of fused-ring (bicyclic) bond motifs is 2. The summed E-state index contributed by atoms with van der Waals surface area (Å²) < 4.78 is 22.0. The third-order valence-electron chi connectivity index (χ3n) is 7.21. The van der Waals surface area contributed by atoms with E-state index in [1.54, 1.807) is 32.4 Å². The second kappa shape index (κ2) is 10.9. The molecule has 2 aromatic carbocycles. The van der Waals surface area contributed by atoms with Crippen LogP contribution < -0.4 is 15.0 Å². The highest BCUT2D eigenvalue weighted by molar-refractivity contribution is 6.33. The van der Waals surface area contributed by atoms with E-state index in [0.29, 0.717) is 35.7 Å². The van der Waals surface area contributed by atoms with Crippen molar-refractivity contribution in [3.63, 3.8) is 0 Å². The molecule has 0 aliphatic carbocycles. The van der Waals surface area contributed by atoms with Crippen molar-refractivity contribution in [1.82, 2.24) is 34.9 Å². The molecule has 13 heteroatoms. The number of likely N-dealkylation sites (N-methyl/N-ethyl adjacent to an activating group) is 1. The first-order valence-corrected chi connectivity index (χ1v) is 13.4. The second-order valence-electron chi connectivity index (χ2n) is 10.0. The zero-order chi connectivity index (χ0) is 28.7. The maximum Gasteiger partial charge on any atom is 0.289 e. The lowest BCUT2D eigenvalue weighted by Gasteiger charge is -2.27. The summed E-state index contributed by atoms with van der Waals surface area (Å²) >= 11 is 6.26. The van der Waals surface area contributed by atoms with Gasteiger partial charge in [-0.2, -0.15) is 5.10 Å². The SMILES string of the molecule is Cc1ccc(-c2nc(C(=O)N[C@H]3COc4ccc(CN5CCn6ncnc6C5)cc4N(C)C3=O)ncc2Cl)cc1F. The van der Waals surface area contributed by atoms with Gasteiger partial charge in [-0.1, -0.05) is 29.8 Å². The monoisotopic (exact) mass is 576 g/mol. The molecule has 0 radical (unpaired) electrons. The normalized spacial score (nSPS) is 16.9. The molecule has 2 aliphatic rings. The number of hydrogen-bond donors (Lipinski definition) is 1. The van der Waals surface area contributed by atoms with Gasteiger partial charge in [-0.25, -0.2) is 24.0 Å². The lowest BCUT2D eigenvalue weighted by molar-refractivity contribution is -0.120. The fourth-order valence-electron chi connectivity index (χ4n) is 4.89. The molecule has 2 amide bonds. The Morgan fingerprint density at radius 3 is 2.88 bits per heavy atom. The van der Waals surface area contributed by atoms with Crippen LogP contribution in [-0.2, 0) is 24.4 Å². The number of anilines is 1. The van der Waals surface area contributed by atoms with Gasteiger partial charge in [0.25, 0.3) is 11.8 Å². The average molecular weight is 577 g/mol. The van der Waals surface area contributed by atoms with Crippen LogP contribution in [0.25, 0.3) is 11.3 Å². The Morgan fingerprint density at radius 2 is 2.05 bits per heavy atom. The Morgan fingerprint density at radius 1 is 1.20 bits per heavy atom. The number of amides is 2. The molecule has 1 N–H and O–H groups in total. The number of ether oxygens (including phenoxy) is 1. The minimum atomic E-state index is -0.989. The summed E-state index contributed by atoms with van der Waals surface area (Å²) in [5.74, 6) is -0.211. The number of nitrogens with zero attached hydrogens (tertiary/aromatic N) is 7. The van der Waals surface area contributed by atoms with Crippen LogP contribution in [0.5, 0.6) is 5.75 Å². The van der Waals surface area contributed by atoms with Gasteiger partial charge in [-0.15, -0.1) is 0 Å². The topological polar surface area (TPSA) is 118 Å². The maximum absolute atomic E-state index is 14.1. The predicted octanol–water partition coefficient (Wildman–Crippen LogP) is 3.01. The molecule has 4 aromatic rings. The largest absolute Gasteiger partial charge is 0.489 e. The van der Waals surface area contributed by atoms with Crippen LogP contribution in [0.1, 0.15) is 27.6 Å². The third-order valence-corrected chi connectivity index (χ3v) is 7.49. The van der Waals surface area contributed by atoms with Gasteiger partial charge >= 0.3 is 0 Å². The Labute approximate surface area is 239 Å². The maximum atomic E-state index is 14.1. The van der Waals surface area contributed by atoms with Crippen LogP contribution in [0.2, 0.25) is 5.02 Å². The standard InChI is InChI=1S/C28H26ClFN8O3/c1-16-3-5-18(10-20(16)30)25-19(29)11-31-26(35-25)27(39)34-21-14-41-23-6-4-17(9-22(23)36(2)28(21)40)12-37-7-8-38-24(13-37)32-15-33-38/h3-6,9-11,15,21H,7-8,12-14H2,1-2H3,(H,34,39)/t21-/m0/s1. The highest BCUT2D eigenvalue weighted by Gasteiger charge is 2.32. The van der Waals surface area contributed by atoms with Gasteiger partial charge in [0, 0.05) is 25.7 Å². The highest BCUT2D eigenvalue weighted by atomic mass is 35.5. The molecule has 2 aromatic heterocycles. The van der Waals surface area contributed by atoms with Crippen LogP contribution >= 0.6 is 11.6 Å². The first-order valence-electron chi connectivity index (χ1n) is 13.0. The zero-order valence-corrected chi connectivity index (χ0v) is 23.1. The Balaban J connectivity index is 1.16. The first kappa shape index (κ1) is 26.8. The van der Waals surface area contributed by atoms with Gasteiger partial charge in [-0.3, -0.25) is 14.5 Å². The number of hydrogen-bond acceptors (Lipinski definition) is 8. The van der Waals surface area contributed by atoms with Crippen LogP contribution in [0.3, 0.4) is 0 Å². The van der Waals surface area contributed by atoms with Gasteiger partial charge in [0.15, 0.2) is 0 Å². The van der Waals surface area contributed by atoms with Crippen LogP contribution in [0.4, 0.5) is 10.1 Å². The lowest BCUT2D eigenvalue weighted by atomic mass is 10.1. The van der Waals surface area contributed by atoms with Gasteiger partial charge < -0.3 is 15.0 Å². The van der Waals surface area contributed by atoms with Crippen molar-refractivity contribution in [3.8, 4) is 17.0 Å². The molecule has 0 unspecified atom stereocenters. The number of benzene rings is 2. The van der Waals surface area contributed by atoms with E-state index in [4.69, 9.17) is 16.3 Å². The van der Waals surface area contributed by atoms with Crippen molar-refractivity contribution in [1.29, 1.82) is 0 Å². The van der Waals surface area contributed by atoms with Crippen LogP contribution in [0, 0.1) is 12.7 Å². The summed E-state index contributed by atoms with van der Waals surface area (Å²) in [5, 5.41) is 7.06. The lowest BCUT2D eigenvalue weighted by Crippen LogP contribution is -2.49. The van der Waals surface area contributed by atoms with Gasteiger partial charge in [0.05, 0.1) is 35.7 Å². The molecule has 6 rings (SSSR count). The fraction of sp³-hybridized carbons (Fsp3) is 0.286. The number of nitrogens with one attached hydrogen (secondary N) is 1. The van der Waals surface area contributed by atoms with Crippen LogP contribution in [0.15, 0.2) is 48.9 Å². The van der Waals surface area contributed by atoms with Crippen molar-refractivity contribution in [2.24, 2.45) is 0 Å². The second-order valence-corrected chi connectivity index (χ2v) is 10.4. The summed E-state index contributed by atoms with van der Waals surface area (Å²) in [5.41, 5.74) is 2.70. The summed E-state index contributed by atoms with van der Waals surface area (Å²) in [6.07, 6.45) is 2.84. The predicted molar refractivity (Wildman–Crippen MR) is 148 cm³/mol. The quantitative estimate of drug-likeness (QED) is 0.385. The molecule has 210 valence electrons. The average Bonchev–Trinajstić information content (AvgIpc) is 3.40. The molecule has 0 bridgehead atoms. The van der Waals surface area contributed by atoms with Crippen molar-refractivity contribution >= 4 is 29.1 Å². The van der Waals surface area contributed by atoms with Crippen molar-refractivity contribution in [3.05, 3.63) is 82.5 Å². The molecule has 11 nitrogen and oxygen atoms in total. The first-order chi connectivity index (χ1) is 19.8. The van der Waals surface area contributed by atoms with Crippen LogP contribution in [-0.4, -0.2) is 67.7 Å². The van der Waals surface area contributed by atoms with E-state index < -0.39 is 17.8 Å². The smallest absolute Gasteiger partial charge is 0.289 e. The van der Waals surface area contributed by atoms with Crippen molar-refractivity contribution in [2.75, 3.05) is 25.1 Å². The third kappa shape index (κ3) is 5.35. The summed E-state index contributed by atoms with van der Waals surface area (Å²) in [4.78, 5) is 42.8. The molecular weight excluding hydrogens is 551 g/mol. The van der Waals surface area contributed by atoms with Crippen molar-refractivity contribution < 1.29 is 18.7 Å². The number of rotatable bonds is 5. The molecule has 4 heterocycles. The van der Waals surface area contributed by atoms with E-state index in [1.807, 2.05) is 22.9 Å². The number of carbonyl (C=O) groups excluding carboxylic acids is 2. The highest BCUT2D eigenvalue weighted by Crippen LogP contribution is 2.32. The molecule has 0 spiro atoms. The summed E-state index contributed by atoms with van der Waals surface area (Å²) in [6, 6.07) is 9.29. The van der Waals surface area contributed by atoms with E-state index in [2.05, 4.69) is 30.3 Å². The van der Waals surface area contributed by atoms with Gasteiger partial charge in [0.1, 0.15) is 36.4 Å². The molecule has 1 atom stereocenters. The number of aryl methyl sites for hydroxylation is 1. The van der Waals surface area contributed by atoms with E-state index in [9.17, 15) is 14.0 Å². The van der Waals surface area contributed by atoms with E-state index in [-0.39, 0.29) is 29.1 Å². The Hall–Kier alpha value is -4.42. The molecule has 0 saturated heterocycles. The van der Waals surface area contributed by atoms with E-state index >= 15 is 0 Å². The Bertz CT molecular complexity index is 1660. The molecule has 0 fully saturated rings.